The lowest BCUT2D eigenvalue weighted by Crippen LogP contribution is -2.61. The first-order valence-electron chi connectivity index (χ1n) is 7.73. The molecule has 0 radical (unpaired) electrons. The van der Waals surface area contributed by atoms with Crippen molar-refractivity contribution in [2.75, 3.05) is 19.6 Å². The summed E-state index contributed by atoms with van der Waals surface area (Å²) in [6.07, 6.45) is 13.1. The molecule has 3 unspecified atom stereocenters. The van der Waals surface area contributed by atoms with Gasteiger partial charge in [0.25, 0.3) is 0 Å². The smallest absolute Gasteiger partial charge is 0.0242 e. The lowest BCUT2D eigenvalue weighted by Gasteiger charge is -2.50. The third kappa shape index (κ3) is 2.90. The topological polar surface area (TPSA) is 6.48 Å². The molecule has 18 heavy (non-hydrogen) atoms. The molecule has 2 heterocycles. The normalized spacial score (nSPS) is 31.6. The highest BCUT2D eigenvalue weighted by Crippen LogP contribution is 2.28. The van der Waals surface area contributed by atoms with Crippen molar-refractivity contribution in [3.05, 3.63) is 0 Å². The van der Waals surface area contributed by atoms with Gasteiger partial charge in [0.2, 0.25) is 0 Å². The highest BCUT2D eigenvalue weighted by molar-refractivity contribution is 4.97. The Labute approximate surface area is 113 Å². The Balaban J connectivity index is 2.05. The van der Waals surface area contributed by atoms with E-state index in [-0.39, 0.29) is 0 Å². The summed E-state index contributed by atoms with van der Waals surface area (Å²) in [4.78, 5) is 5.46. The van der Waals surface area contributed by atoms with Crippen LogP contribution in [0.15, 0.2) is 0 Å². The summed E-state index contributed by atoms with van der Waals surface area (Å²) in [6, 6.07) is 2.12. The first-order chi connectivity index (χ1) is 8.80. The van der Waals surface area contributed by atoms with Crippen molar-refractivity contribution < 1.29 is 0 Å². The van der Waals surface area contributed by atoms with Crippen molar-refractivity contribution in [1.29, 1.82) is 0 Å². The fourth-order valence-electron chi connectivity index (χ4n) is 3.72. The maximum absolute atomic E-state index is 5.54. The van der Waals surface area contributed by atoms with E-state index in [0.717, 1.165) is 18.5 Å². The van der Waals surface area contributed by atoms with Gasteiger partial charge in [-0.1, -0.05) is 20.3 Å². The molecule has 0 saturated carbocycles. The summed E-state index contributed by atoms with van der Waals surface area (Å²) in [5.74, 6) is 2.88. The van der Waals surface area contributed by atoms with Crippen LogP contribution in [0.1, 0.15) is 52.4 Å². The first-order valence-corrected chi connectivity index (χ1v) is 7.73. The molecule has 2 aliphatic heterocycles. The zero-order valence-electron chi connectivity index (χ0n) is 12.1. The number of piperidine rings is 1. The average Bonchev–Trinajstić information content (AvgIpc) is 2.43. The third-order valence-electron chi connectivity index (χ3n) is 4.85. The molecule has 0 aromatic carbocycles. The summed E-state index contributed by atoms with van der Waals surface area (Å²) >= 11 is 0. The molecule has 0 aromatic rings. The molecule has 2 saturated heterocycles. The fraction of sp³-hybridized carbons (Fsp3) is 0.875. The second-order valence-electron chi connectivity index (χ2n) is 5.87. The van der Waals surface area contributed by atoms with Crippen LogP contribution in [-0.2, 0) is 0 Å². The predicted octanol–water partition coefficient (Wildman–Crippen LogP) is 2.74. The van der Waals surface area contributed by atoms with Gasteiger partial charge in [-0.25, -0.2) is 0 Å². The quantitative estimate of drug-likeness (QED) is 0.706. The van der Waals surface area contributed by atoms with Crippen molar-refractivity contribution >= 4 is 0 Å². The van der Waals surface area contributed by atoms with Crippen molar-refractivity contribution in [2.24, 2.45) is 0 Å². The van der Waals surface area contributed by atoms with Gasteiger partial charge in [0, 0.05) is 37.6 Å². The van der Waals surface area contributed by atoms with Crippen molar-refractivity contribution in [3.63, 3.8) is 0 Å². The monoisotopic (exact) mass is 248 g/mol. The van der Waals surface area contributed by atoms with Crippen LogP contribution < -0.4 is 0 Å². The van der Waals surface area contributed by atoms with E-state index < -0.39 is 0 Å². The van der Waals surface area contributed by atoms with Gasteiger partial charge in [-0.3, -0.25) is 9.80 Å². The SMILES string of the molecule is C#CCC(CC)N1CC2CCCCN2CC1CC. The van der Waals surface area contributed by atoms with Crippen LogP contribution in [0.3, 0.4) is 0 Å². The number of piperazine rings is 1. The van der Waals surface area contributed by atoms with Crippen molar-refractivity contribution in [3.8, 4) is 12.3 Å². The number of hydrogen-bond donors (Lipinski definition) is 0. The fourth-order valence-corrected chi connectivity index (χ4v) is 3.72. The van der Waals surface area contributed by atoms with Gasteiger partial charge in [-0.15, -0.1) is 12.3 Å². The number of hydrogen-bond acceptors (Lipinski definition) is 2. The van der Waals surface area contributed by atoms with Crippen molar-refractivity contribution in [2.45, 2.75) is 70.5 Å². The molecule has 2 fully saturated rings. The maximum atomic E-state index is 5.54. The van der Waals surface area contributed by atoms with Gasteiger partial charge in [0.05, 0.1) is 0 Å². The molecule has 2 nitrogen and oxygen atoms in total. The van der Waals surface area contributed by atoms with Crippen LogP contribution in [0.4, 0.5) is 0 Å². The van der Waals surface area contributed by atoms with Crippen LogP contribution in [-0.4, -0.2) is 47.6 Å². The molecule has 102 valence electrons. The minimum atomic E-state index is 0.601. The minimum absolute atomic E-state index is 0.601. The molecule has 0 N–H and O–H groups in total. The van der Waals surface area contributed by atoms with E-state index in [0.29, 0.717) is 6.04 Å². The van der Waals surface area contributed by atoms with E-state index >= 15 is 0 Å². The van der Waals surface area contributed by atoms with E-state index in [9.17, 15) is 0 Å². The molecule has 0 aromatic heterocycles. The predicted molar refractivity (Wildman–Crippen MR) is 77.5 cm³/mol. The van der Waals surface area contributed by atoms with E-state index in [1.54, 1.807) is 0 Å². The Bertz CT molecular complexity index is 294. The molecule has 3 atom stereocenters. The van der Waals surface area contributed by atoms with Crippen LogP contribution in [0.25, 0.3) is 0 Å². The van der Waals surface area contributed by atoms with Gasteiger partial charge in [0.1, 0.15) is 0 Å². The number of terminal acetylenes is 1. The molecular formula is C16H28N2. The van der Waals surface area contributed by atoms with E-state index in [1.807, 2.05) is 0 Å². The van der Waals surface area contributed by atoms with E-state index in [1.165, 1.54) is 51.7 Å². The molecule has 2 heteroatoms. The van der Waals surface area contributed by atoms with Gasteiger partial charge >= 0.3 is 0 Å². The second kappa shape index (κ2) is 6.59. The Morgan fingerprint density at radius 1 is 1.28 bits per heavy atom. The molecule has 0 aliphatic carbocycles. The molecule has 2 aliphatic rings. The lowest BCUT2D eigenvalue weighted by atomic mass is 9.93. The molecule has 2 rings (SSSR count). The van der Waals surface area contributed by atoms with Crippen LogP contribution in [0, 0.1) is 12.3 Å². The van der Waals surface area contributed by atoms with Gasteiger partial charge in [-0.2, -0.15) is 0 Å². The van der Waals surface area contributed by atoms with Gasteiger partial charge in [-0.05, 0) is 32.2 Å². The van der Waals surface area contributed by atoms with Gasteiger partial charge in [0.15, 0.2) is 0 Å². The minimum Gasteiger partial charge on any atom is -0.298 e. The van der Waals surface area contributed by atoms with Gasteiger partial charge < -0.3 is 0 Å². The summed E-state index contributed by atoms with van der Waals surface area (Å²) in [5.41, 5.74) is 0. The van der Waals surface area contributed by atoms with Crippen molar-refractivity contribution in [1.82, 2.24) is 9.80 Å². The Morgan fingerprint density at radius 3 is 2.78 bits per heavy atom. The van der Waals surface area contributed by atoms with E-state index in [2.05, 4.69) is 29.6 Å². The standard InChI is InChI=1S/C16H28N2/c1-4-9-14(5-2)18-13-16-10-7-8-11-17(16)12-15(18)6-3/h1,14-16H,5-13H2,2-3H3. The Morgan fingerprint density at radius 2 is 2.11 bits per heavy atom. The Hall–Kier alpha value is -0.520. The molecule has 0 spiro atoms. The number of rotatable bonds is 4. The largest absolute Gasteiger partial charge is 0.298 e. The summed E-state index contributed by atoms with van der Waals surface area (Å²) in [6.45, 7) is 8.44. The summed E-state index contributed by atoms with van der Waals surface area (Å²) in [5, 5.41) is 0. The number of fused-ring (bicyclic) bond motifs is 1. The highest BCUT2D eigenvalue weighted by Gasteiger charge is 2.36. The summed E-state index contributed by atoms with van der Waals surface area (Å²) in [7, 11) is 0. The Kier molecular flexibility index (Phi) is 5.09. The average molecular weight is 248 g/mol. The van der Waals surface area contributed by atoms with Crippen LogP contribution in [0.5, 0.6) is 0 Å². The third-order valence-corrected chi connectivity index (χ3v) is 4.85. The first kappa shape index (κ1) is 13.9. The maximum Gasteiger partial charge on any atom is 0.0242 e. The van der Waals surface area contributed by atoms with E-state index in [4.69, 9.17) is 6.42 Å². The second-order valence-corrected chi connectivity index (χ2v) is 5.87. The zero-order valence-corrected chi connectivity index (χ0v) is 12.1. The van der Waals surface area contributed by atoms with Crippen LogP contribution in [0.2, 0.25) is 0 Å². The zero-order chi connectivity index (χ0) is 13.0. The molecular weight excluding hydrogens is 220 g/mol. The number of nitrogens with zero attached hydrogens (tertiary/aromatic N) is 2. The highest BCUT2D eigenvalue weighted by atomic mass is 15.3. The lowest BCUT2D eigenvalue weighted by molar-refractivity contribution is -0.0152. The van der Waals surface area contributed by atoms with Crippen LogP contribution >= 0.6 is 0 Å². The molecule has 0 amide bonds. The molecule has 0 bridgehead atoms. The summed E-state index contributed by atoms with van der Waals surface area (Å²) < 4.78 is 0.